The number of halogens is 3. The summed E-state index contributed by atoms with van der Waals surface area (Å²) in [5.41, 5.74) is 2.85. The van der Waals surface area contributed by atoms with Crippen LogP contribution in [0.15, 0.2) is 39.9 Å². The van der Waals surface area contributed by atoms with Crippen LogP contribution in [-0.4, -0.2) is 40.4 Å². The van der Waals surface area contributed by atoms with Gasteiger partial charge in [-0.1, -0.05) is 5.16 Å². The predicted molar refractivity (Wildman–Crippen MR) is 96.7 cm³/mol. The summed E-state index contributed by atoms with van der Waals surface area (Å²) in [5, 5.41) is 13.7. The Morgan fingerprint density at radius 2 is 1.93 bits per heavy atom. The lowest BCUT2D eigenvalue weighted by Gasteiger charge is -2.39. The Labute approximate surface area is 159 Å². The number of rotatable bonds is 5. The van der Waals surface area contributed by atoms with E-state index in [1.165, 1.54) is 24.3 Å². The molecule has 6 nitrogen and oxygen atoms in total. The third-order valence-electron chi connectivity index (χ3n) is 4.47. The number of alkyl halides is 3. The van der Waals surface area contributed by atoms with Crippen molar-refractivity contribution in [3.8, 4) is 5.75 Å². The molecule has 0 spiro atoms. The molecule has 1 N–H and O–H groups in total. The number of hydrogen-bond acceptors (Lipinski definition) is 6. The highest BCUT2D eigenvalue weighted by molar-refractivity contribution is 5.86. The van der Waals surface area contributed by atoms with E-state index in [0.29, 0.717) is 22.7 Å². The summed E-state index contributed by atoms with van der Waals surface area (Å²) in [5.74, 6) is 0.315. The van der Waals surface area contributed by atoms with Crippen LogP contribution in [0.1, 0.15) is 35.7 Å². The summed E-state index contributed by atoms with van der Waals surface area (Å²) in [6.07, 6.45) is -1.84. The minimum atomic E-state index is -4.75. The first kappa shape index (κ1) is 19.9. The van der Waals surface area contributed by atoms with Gasteiger partial charge in [0.1, 0.15) is 11.5 Å². The van der Waals surface area contributed by atoms with Gasteiger partial charge in [0.15, 0.2) is 6.17 Å². The topological polar surface area (TPSA) is 71.1 Å². The van der Waals surface area contributed by atoms with Gasteiger partial charge in [-0.15, -0.1) is 13.2 Å². The normalized spacial score (nSPS) is 18.2. The van der Waals surface area contributed by atoms with E-state index >= 15 is 0 Å². The molecule has 1 aliphatic heterocycles. The quantitative estimate of drug-likeness (QED) is 0.829. The Hall–Kier alpha value is -2.81. The first-order chi connectivity index (χ1) is 13.2. The zero-order chi connectivity index (χ0) is 20.5. The first-order valence-corrected chi connectivity index (χ1v) is 8.63. The van der Waals surface area contributed by atoms with Crippen molar-refractivity contribution in [1.82, 2.24) is 10.1 Å². The first-order valence-electron chi connectivity index (χ1n) is 8.63. The molecule has 1 aromatic carbocycles. The lowest BCUT2D eigenvalue weighted by Crippen LogP contribution is -2.38. The average molecular weight is 395 g/mol. The molecule has 0 saturated carbocycles. The molecule has 2 heterocycles. The van der Waals surface area contributed by atoms with Crippen molar-refractivity contribution in [3.63, 3.8) is 0 Å². The second-order valence-electron chi connectivity index (χ2n) is 6.47. The van der Waals surface area contributed by atoms with E-state index in [0.717, 1.165) is 5.56 Å². The van der Waals surface area contributed by atoms with E-state index in [1.54, 1.807) is 19.2 Å². The second kappa shape index (κ2) is 7.67. The molecular formula is C19H20F3N3O3. The molecule has 0 fully saturated rings. The number of ether oxygens (including phenoxy) is 1. The molecule has 0 amide bonds. The fourth-order valence-electron chi connectivity index (χ4n) is 3.20. The van der Waals surface area contributed by atoms with E-state index in [2.05, 4.69) is 14.9 Å². The number of aliphatic hydroxyl groups is 1. The Bertz CT molecular complexity index is 869. The maximum Gasteiger partial charge on any atom is 0.573 e. The highest BCUT2D eigenvalue weighted by Gasteiger charge is 2.33. The lowest BCUT2D eigenvalue weighted by atomic mass is 10.0. The van der Waals surface area contributed by atoms with E-state index < -0.39 is 12.5 Å². The van der Waals surface area contributed by atoms with Gasteiger partial charge in [-0.05, 0) is 56.7 Å². The lowest BCUT2D eigenvalue weighted by molar-refractivity contribution is -0.274. The Balaban J connectivity index is 1.97. The number of aryl methyl sites for hydroxylation is 2. The molecule has 28 heavy (non-hydrogen) atoms. The number of allylic oxidation sites excluding steroid dienone is 1. The number of aliphatic imine (C=N–C) groups is 1. The van der Waals surface area contributed by atoms with Gasteiger partial charge in [0.25, 0.3) is 0 Å². The number of nitrogens with zero attached hydrogens (tertiary/aromatic N) is 3. The highest BCUT2D eigenvalue weighted by Crippen LogP contribution is 2.38. The van der Waals surface area contributed by atoms with Crippen molar-refractivity contribution >= 4 is 11.9 Å². The standard InChI is InChI=1S/C19H20F3N3O3/c1-11(10-26)25-16(14-4-6-15(7-5-14)27-19(20,21)22)8-9-23-18(25)17-12(2)24-28-13(17)3/h4-9,11,18,26H,10H2,1-3H3/t11-,18?/m0/s1. The zero-order valence-electron chi connectivity index (χ0n) is 15.6. The average Bonchev–Trinajstić information content (AvgIpc) is 2.98. The van der Waals surface area contributed by atoms with Crippen molar-refractivity contribution in [3.05, 3.63) is 52.9 Å². The van der Waals surface area contributed by atoms with Gasteiger partial charge in [0.05, 0.1) is 23.9 Å². The van der Waals surface area contributed by atoms with E-state index in [1.807, 2.05) is 18.7 Å². The van der Waals surface area contributed by atoms with Crippen LogP contribution in [0.25, 0.3) is 5.70 Å². The number of benzene rings is 1. The van der Waals surface area contributed by atoms with Crippen LogP contribution in [0.3, 0.4) is 0 Å². The van der Waals surface area contributed by atoms with Crippen LogP contribution >= 0.6 is 0 Å². The summed E-state index contributed by atoms with van der Waals surface area (Å²) in [6, 6.07) is 5.26. The predicted octanol–water partition coefficient (Wildman–Crippen LogP) is 4.00. The molecule has 150 valence electrons. The minimum Gasteiger partial charge on any atom is -0.406 e. The second-order valence-corrected chi connectivity index (χ2v) is 6.47. The Kier molecular flexibility index (Phi) is 5.46. The van der Waals surface area contributed by atoms with Crippen LogP contribution in [0, 0.1) is 13.8 Å². The third-order valence-corrected chi connectivity index (χ3v) is 4.47. The number of aromatic nitrogens is 1. The van der Waals surface area contributed by atoms with Gasteiger partial charge in [-0.2, -0.15) is 0 Å². The molecule has 0 bridgehead atoms. The van der Waals surface area contributed by atoms with Crippen LogP contribution < -0.4 is 4.74 Å². The summed E-state index contributed by atoms with van der Waals surface area (Å²) in [4.78, 5) is 6.42. The van der Waals surface area contributed by atoms with Gasteiger partial charge < -0.3 is 19.3 Å². The van der Waals surface area contributed by atoms with Crippen molar-refractivity contribution in [1.29, 1.82) is 0 Å². The molecule has 1 aromatic heterocycles. The number of hydrogen-bond donors (Lipinski definition) is 1. The summed E-state index contributed by atoms with van der Waals surface area (Å²) >= 11 is 0. The van der Waals surface area contributed by atoms with Gasteiger partial charge >= 0.3 is 6.36 Å². The van der Waals surface area contributed by atoms with Crippen molar-refractivity contribution in [2.45, 2.75) is 39.3 Å². The largest absolute Gasteiger partial charge is 0.573 e. The van der Waals surface area contributed by atoms with E-state index in [4.69, 9.17) is 4.52 Å². The highest BCUT2D eigenvalue weighted by atomic mass is 19.4. The Morgan fingerprint density at radius 3 is 2.46 bits per heavy atom. The van der Waals surface area contributed by atoms with Crippen LogP contribution in [0.2, 0.25) is 0 Å². The van der Waals surface area contributed by atoms with Crippen molar-refractivity contribution < 1.29 is 27.5 Å². The minimum absolute atomic E-state index is 0.137. The van der Waals surface area contributed by atoms with Gasteiger partial charge in [0, 0.05) is 11.9 Å². The molecule has 0 radical (unpaired) electrons. The molecule has 3 rings (SSSR count). The van der Waals surface area contributed by atoms with Crippen LogP contribution in [0.5, 0.6) is 5.75 Å². The Morgan fingerprint density at radius 1 is 1.25 bits per heavy atom. The van der Waals surface area contributed by atoms with E-state index in [9.17, 15) is 18.3 Å². The van der Waals surface area contributed by atoms with E-state index in [-0.39, 0.29) is 18.4 Å². The molecule has 0 aliphatic carbocycles. The maximum atomic E-state index is 12.4. The molecule has 9 heteroatoms. The molecule has 1 aliphatic rings. The monoisotopic (exact) mass is 395 g/mol. The van der Waals surface area contributed by atoms with Gasteiger partial charge in [-0.25, -0.2) is 0 Å². The molecule has 2 atom stereocenters. The number of aliphatic hydroxyl groups excluding tert-OH is 1. The third kappa shape index (κ3) is 4.04. The zero-order valence-corrected chi connectivity index (χ0v) is 15.6. The van der Waals surface area contributed by atoms with Crippen molar-refractivity contribution in [2.75, 3.05) is 6.61 Å². The molecule has 2 aromatic rings. The van der Waals surface area contributed by atoms with Gasteiger partial charge in [0.2, 0.25) is 0 Å². The molecular weight excluding hydrogens is 375 g/mol. The smallest absolute Gasteiger partial charge is 0.406 e. The van der Waals surface area contributed by atoms with Crippen molar-refractivity contribution in [2.24, 2.45) is 4.99 Å². The maximum absolute atomic E-state index is 12.4. The van der Waals surface area contributed by atoms with Crippen LogP contribution in [0.4, 0.5) is 13.2 Å². The SMILES string of the molecule is Cc1noc(C)c1C1N=CC=C(c2ccc(OC(F)(F)F)cc2)N1[C@@H](C)CO. The fraction of sp³-hybridized carbons (Fsp3) is 0.368. The van der Waals surface area contributed by atoms with Crippen LogP contribution in [-0.2, 0) is 0 Å². The molecule has 0 saturated heterocycles. The summed E-state index contributed by atoms with van der Waals surface area (Å²) < 4.78 is 46.4. The summed E-state index contributed by atoms with van der Waals surface area (Å²) in [7, 11) is 0. The van der Waals surface area contributed by atoms with Gasteiger partial charge in [-0.3, -0.25) is 4.99 Å². The fourth-order valence-corrected chi connectivity index (χ4v) is 3.20. The summed E-state index contributed by atoms with van der Waals surface area (Å²) in [6.45, 7) is 5.29. The molecule has 1 unspecified atom stereocenters.